The highest BCUT2D eigenvalue weighted by Crippen LogP contribution is 2.32. The zero-order chi connectivity index (χ0) is 23.1. The van der Waals surface area contributed by atoms with Crippen molar-refractivity contribution in [2.75, 3.05) is 5.32 Å². The Labute approximate surface area is 192 Å². The molecule has 1 heterocycles. The molecule has 0 aliphatic heterocycles. The van der Waals surface area contributed by atoms with Gasteiger partial charge in [0.25, 0.3) is 0 Å². The number of thioether (sulfide) groups is 1. The molecule has 6 nitrogen and oxygen atoms in total. The van der Waals surface area contributed by atoms with Crippen molar-refractivity contribution in [2.45, 2.75) is 43.1 Å². The molecule has 3 aromatic rings. The molecular weight excluding hydrogens is 424 g/mol. The largest absolute Gasteiger partial charge is 0.444 e. The minimum Gasteiger partial charge on any atom is -0.444 e. The number of aliphatic hydroxyl groups excluding tert-OH is 1. The first kappa shape index (κ1) is 23.5. The summed E-state index contributed by atoms with van der Waals surface area (Å²) in [6.45, 7) is 5.38. The lowest BCUT2D eigenvalue weighted by Crippen LogP contribution is -2.27. The number of nitrogens with zero attached hydrogens (tertiary/aromatic N) is 1. The van der Waals surface area contributed by atoms with Crippen molar-refractivity contribution in [1.29, 1.82) is 0 Å². The van der Waals surface area contributed by atoms with Crippen molar-refractivity contribution in [1.82, 2.24) is 4.98 Å². The van der Waals surface area contributed by atoms with E-state index in [2.05, 4.69) is 10.3 Å². The molecule has 2 aromatic carbocycles. The summed E-state index contributed by atoms with van der Waals surface area (Å²) in [4.78, 5) is 29.6. The quantitative estimate of drug-likeness (QED) is 0.358. The predicted octanol–water partition coefficient (Wildman–Crippen LogP) is 5.64. The zero-order valence-corrected chi connectivity index (χ0v) is 19.1. The lowest BCUT2D eigenvalue weighted by molar-refractivity contribution is 0.0635. The first-order valence-corrected chi connectivity index (χ1v) is 11.2. The number of carbonyl (C=O) groups is 2. The minimum atomic E-state index is -1.25. The fourth-order valence-corrected chi connectivity index (χ4v) is 3.96. The second kappa shape index (κ2) is 10.4. The summed E-state index contributed by atoms with van der Waals surface area (Å²) < 4.78 is 5.26. The Balaban J connectivity index is 1.69. The number of Topliss-reactive ketones (excluding diaryl/α,β-unsaturated/α-hetero) is 1. The lowest BCUT2D eigenvalue weighted by Gasteiger charge is -2.19. The summed E-state index contributed by atoms with van der Waals surface area (Å²) >= 11 is 1.49. The van der Waals surface area contributed by atoms with Crippen LogP contribution in [0.1, 0.15) is 48.4 Å². The minimum absolute atomic E-state index is 0.341. The molecule has 0 saturated carbocycles. The number of hydrogen-bond acceptors (Lipinski definition) is 6. The van der Waals surface area contributed by atoms with Gasteiger partial charge in [-0.25, -0.2) is 9.78 Å². The van der Waals surface area contributed by atoms with E-state index >= 15 is 0 Å². The van der Waals surface area contributed by atoms with Gasteiger partial charge in [-0.15, -0.1) is 11.8 Å². The van der Waals surface area contributed by atoms with Gasteiger partial charge >= 0.3 is 6.09 Å². The molecular formula is C25H26N2O4S. The maximum absolute atomic E-state index is 12.7. The van der Waals surface area contributed by atoms with Crippen molar-refractivity contribution in [2.24, 2.45) is 0 Å². The molecule has 0 bridgehead atoms. The van der Waals surface area contributed by atoms with E-state index in [-0.39, 0.29) is 5.78 Å². The summed E-state index contributed by atoms with van der Waals surface area (Å²) in [5.41, 5.74) is 1.35. The van der Waals surface area contributed by atoms with Crippen molar-refractivity contribution in [3.8, 4) is 0 Å². The molecule has 1 amide bonds. The van der Waals surface area contributed by atoms with E-state index in [0.29, 0.717) is 22.7 Å². The third-order valence-electron chi connectivity index (χ3n) is 4.37. The monoisotopic (exact) mass is 450 g/mol. The number of carbonyl (C=O) groups excluding carboxylic acids is 2. The van der Waals surface area contributed by atoms with Gasteiger partial charge in [0.15, 0.2) is 5.78 Å². The van der Waals surface area contributed by atoms with Gasteiger partial charge in [0.2, 0.25) is 0 Å². The number of anilines is 1. The fourth-order valence-electron chi connectivity index (χ4n) is 2.94. The molecule has 0 spiro atoms. The average Bonchev–Trinajstić information content (AvgIpc) is 2.76. The maximum Gasteiger partial charge on any atom is 0.413 e. The van der Waals surface area contributed by atoms with Crippen LogP contribution in [-0.4, -0.2) is 27.6 Å². The maximum atomic E-state index is 12.7. The van der Waals surface area contributed by atoms with Crippen LogP contribution < -0.4 is 5.32 Å². The van der Waals surface area contributed by atoms with Gasteiger partial charge in [0.05, 0.1) is 0 Å². The van der Waals surface area contributed by atoms with Crippen molar-refractivity contribution >= 4 is 29.5 Å². The number of benzene rings is 2. The standard InChI is InChI=1S/C25H26N2O4S/c1-25(2,3)31-24(30)27-21-15-17(13-14-26-21)16-32-20-12-8-7-11-19(20)23(29)22(28)18-9-5-4-6-10-18/h4-15,23,29H,16H2,1-3H3,(H,26,27,30). The molecule has 0 saturated heterocycles. The molecule has 32 heavy (non-hydrogen) atoms. The third kappa shape index (κ3) is 6.67. The Bertz CT molecular complexity index is 1080. The van der Waals surface area contributed by atoms with E-state index in [9.17, 15) is 14.7 Å². The van der Waals surface area contributed by atoms with Gasteiger partial charge < -0.3 is 9.84 Å². The third-order valence-corrected chi connectivity index (χ3v) is 5.53. The average molecular weight is 451 g/mol. The fraction of sp³-hybridized carbons (Fsp3) is 0.240. The van der Waals surface area contributed by atoms with Crippen molar-refractivity contribution in [3.63, 3.8) is 0 Å². The van der Waals surface area contributed by atoms with Gasteiger partial charge in [-0.05, 0) is 44.5 Å². The number of pyridine rings is 1. The molecule has 2 N–H and O–H groups in total. The Kier molecular flexibility index (Phi) is 7.66. The number of amides is 1. The van der Waals surface area contributed by atoms with E-state index < -0.39 is 17.8 Å². The highest BCUT2D eigenvalue weighted by Gasteiger charge is 2.22. The van der Waals surface area contributed by atoms with E-state index in [1.165, 1.54) is 11.8 Å². The number of ketones is 1. The van der Waals surface area contributed by atoms with Crippen LogP contribution in [0.3, 0.4) is 0 Å². The van der Waals surface area contributed by atoms with Crippen LogP contribution in [-0.2, 0) is 10.5 Å². The summed E-state index contributed by atoms with van der Waals surface area (Å²) in [5.74, 6) is 0.616. The molecule has 3 rings (SSSR count). The number of nitrogens with one attached hydrogen (secondary N) is 1. The van der Waals surface area contributed by atoms with Gasteiger partial charge in [-0.1, -0.05) is 48.5 Å². The first-order chi connectivity index (χ1) is 15.2. The summed E-state index contributed by atoms with van der Waals surface area (Å²) in [7, 11) is 0. The highest BCUT2D eigenvalue weighted by molar-refractivity contribution is 7.98. The summed E-state index contributed by atoms with van der Waals surface area (Å²) in [6, 6.07) is 19.7. The zero-order valence-electron chi connectivity index (χ0n) is 18.2. The van der Waals surface area contributed by atoms with Crippen molar-refractivity contribution in [3.05, 3.63) is 89.6 Å². The van der Waals surface area contributed by atoms with E-state index in [0.717, 1.165) is 10.5 Å². The van der Waals surface area contributed by atoms with Gasteiger partial charge in [0.1, 0.15) is 17.5 Å². The van der Waals surface area contributed by atoms with Gasteiger partial charge in [0, 0.05) is 28.0 Å². The number of ether oxygens (including phenoxy) is 1. The van der Waals surface area contributed by atoms with Crippen LogP contribution in [0.15, 0.2) is 77.8 Å². The molecule has 0 radical (unpaired) electrons. The smallest absolute Gasteiger partial charge is 0.413 e. The second-order valence-corrected chi connectivity index (χ2v) is 9.15. The molecule has 0 aliphatic carbocycles. The topological polar surface area (TPSA) is 88.5 Å². The Morgan fingerprint density at radius 2 is 1.75 bits per heavy atom. The van der Waals surface area contributed by atoms with Crippen LogP contribution in [0.25, 0.3) is 0 Å². The van der Waals surface area contributed by atoms with Crippen LogP contribution in [0.2, 0.25) is 0 Å². The molecule has 1 atom stereocenters. The molecule has 1 unspecified atom stereocenters. The Morgan fingerprint density at radius 1 is 1.06 bits per heavy atom. The van der Waals surface area contributed by atoms with Crippen LogP contribution in [0.5, 0.6) is 0 Å². The predicted molar refractivity (Wildman–Crippen MR) is 126 cm³/mol. The SMILES string of the molecule is CC(C)(C)OC(=O)Nc1cc(CSc2ccccc2C(O)C(=O)c2ccccc2)ccn1. The number of hydrogen-bond donors (Lipinski definition) is 2. The van der Waals surface area contributed by atoms with Gasteiger partial charge in [-0.3, -0.25) is 10.1 Å². The first-order valence-electron chi connectivity index (χ1n) is 10.2. The van der Waals surface area contributed by atoms with Crippen LogP contribution in [0, 0.1) is 0 Å². The second-order valence-electron chi connectivity index (χ2n) is 8.14. The highest BCUT2D eigenvalue weighted by atomic mass is 32.2. The van der Waals surface area contributed by atoms with Crippen LogP contribution in [0.4, 0.5) is 10.6 Å². The molecule has 1 aromatic heterocycles. The van der Waals surface area contributed by atoms with Gasteiger partial charge in [-0.2, -0.15) is 0 Å². The number of rotatable bonds is 7. The van der Waals surface area contributed by atoms with Crippen LogP contribution >= 0.6 is 11.8 Å². The number of aliphatic hydroxyl groups is 1. The van der Waals surface area contributed by atoms with Crippen molar-refractivity contribution < 1.29 is 19.4 Å². The lowest BCUT2D eigenvalue weighted by atomic mass is 10.00. The number of aromatic nitrogens is 1. The van der Waals surface area contributed by atoms with E-state index in [1.54, 1.807) is 69.4 Å². The molecule has 0 aliphatic rings. The summed E-state index contributed by atoms with van der Waals surface area (Å²) in [6.07, 6.45) is -0.201. The molecule has 166 valence electrons. The Hall–Kier alpha value is -3.16. The van der Waals surface area contributed by atoms with E-state index in [1.807, 2.05) is 24.3 Å². The normalized spacial score (nSPS) is 12.1. The summed E-state index contributed by atoms with van der Waals surface area (Å²) in [5, 5.41) is 13.4. The molecule has 7 heteroatoms. The Morgan fingerprint density at radius 3 is 2.47 bits per heavy atom. The van der Waals surface area contributed by atoms with E-state index in [4.69, 9.17) is 4.74 Å². The molecule has 0 fully saturated rings.